The zero-order chi connectivity index (χ0) is 11.3. The molecule has 0 bridgehead atoms. The molecule has 5 nitrogen and oxygen atoms in total. The van der Waals surface area contributed by atoms with E-state index in [4.69, 9.17) is 14.7 Å². The number of aliphatic hydroxyl groups is 1. The summed E-state index contributed by atoms with van der Waals surface area (Å²) in [5, 5.41) is 18.0. The molecule has 0 aliphatic rings. The van der Waals surface area contributed by atoms with Gasteiger partial charge in [-0.2, -0.15) is 0 Å². The molecule has 15 heavy (non-hydrogen) atoms. The Morgan fingerprint density at radius 3 is 2.47 bits per heavy atom. The third-order valence-corrected chi connectivity index (χ3v) is 2.08. The molecule has 1 unspecified atom stereocenters. The lowest BCUT2D eigenvalue weighted by Crippen LogP contribution is -2.17. The first kappa shape index (κ1) is 11.8. The second-order valence-corrected chi connectivity index (χ2v) is 2.99. The Morgan fingerprint density at radius 2 is 1.93 bits per heavy atom. The van der Waals surface area contributed by atoms with Crippen LogP contribution in [0.5, 0.6) is 11.5 Å². The van der Waals surface area contributed by atoms with Crippen LogP contribution in [0.4, 0.5) is 0 Å². The van der Waals surface area contributed by atoms with E-state index in [1.54, 1.807) is 25.3 Å². The van der Waals surface area contributed by atoms with Gasteiger partial charge in [0.05, 0.1) is 26.9 Å². The molecule has 84 valence electrons. The molecule has 0 aliphatic heterocycles. The van der Waals surface area contributed by atoms with Crippen molar-refractivity contribution in [2.24, 2.45) is 0 Å². The molecular weight excluding hydrogens is 198 g/mol. The van der Waals surface area contributed by atoms with Crippen molar-refractivity contribution in [2.75, 3.05) is 20.8 Å². The van der Waals surface area contributed by atoms with E-state index in [1.165, 1.54) is 7.11 Å². The van der Waals surface area contributed by atoms with Gasteiger partial charge in [0.25, 0.3) is 0 Å². The van der Waals surface area contributed by atoms with Gasteiger partial charge < -0.3 is 19.8 Å². The normalized spacial score (nSPS) is 12.3. The molecular formula is C10H15NO4. The highest BCUT2D eigenvalue weighted by Crippen LogP contribution is 2.29. The molecule has 0 saturated carbocycles. The van der Waals surface area contributed by atoms with Crippen molar-refractivity contribution in [3.8, 4) is 11.5 Å². The van der Waals surface area contributed by atoms with E-state index in [0.29, 0.717) is 17.1 Å². The topological polar surface area (TPSA) is 71.0 Å². The molecule has 1 atom stereocenters. The molecule has 5 heteroatoms. The van der Waals surface area contributed by atoms with Crippen LogP contribution in [0.3, 0.4) is 0 Å². The zero-order valence-electron chi connectivity index (χ0n) is 8.73. The van der Waals surface area contributed by atoms with Gasteiger partial charge in [-0.25, -0.2) is 5.48 Å². The van der Waals surface area contributed by atoms with Gasteiger partial charge in [-0.05, 0) is 17.7 Å². The smallest absolute Gasteiger partial charge is 0.161 e. The summed E-state index contributed by atoms with van der Waals surface area (Å²) in [7, 11) is 3.07. The molecule has 0 saturated heterocycles. The molecule has 0 spiro atoms. The molecule has 0 amide bonds. The predicted molar refractivity (Wildman–Crippen MR) is 54.3 cm³/mol. The van der Waals surface area contributed by atoms with Gasteiger partial charge in [0.15, 0.2) is 11.5 Å². The zero-order valence-corrected chi connectivity index (χ0v) is 8.73. The Morgan fingerprint density at radius 1 is 1.27 bits per heavy atom. The van der Waals surface area contributed by atoms with Crippen LogP contribution >= 0.6 is 0 Å². The Bertz CT molecular complexity index is 316. The maximum atomic E-state index is 9.59. The molecule has 0 radical (unpaired) electrons. The van der Waals surface area contributed by atoms with Gasteiger partial charge in [0, 0.05) is 0 Å². The summed E-state index contributed by atoms with van der Waals surface area (Å²) < 4.78 is 10.1. The highest BCUT2D eigenvalue weighted by atomic mass is 16.5. The second kappa shape index (κ2) is 5.55. The summed E-state index contributed by atoms with van der Waals surface area (Å²) in [4.78, 5) is 0. The minimum atomic E-state index is -0.783. The lowest BCUT2D eigenvalue weighted by molar-refractivity contribution is 0.0919. The first-order chi connectivity index (χ1) is 7.22. The summed E-state index contributed by atoms with van der Waals surface area (Å²) in [6.07, 6.45) is -0.783. The largest absolute Gasteiger partial charge is 0.493 e. The van der Waals surface area contributed by atoms with Gasteiger partial charge in [0.2, 0.25) is 0 Å². The summed E-state index contributed by atoms with van der Waals surface area (Å²) in [6, 6.07) is 5.08. The van der Waals surface area contributed by atoms with Crippen molar-refractivity contribution in [3.05, 3.63) is 23.8 Å². The maximum Gasteiger partial charge on any atom is 0.161 e. The maximum absolute atomic E-state index is 9.59. The molecule has 3 N–H and O–H groups in total. The summed E-state index contributed by atoms with van der Waals surface area (Å²) in [5.74, 6) is 1.15. The van der Waals surface area contributed by atoms with Crippen molar-refractivity contribution in [3.63, 3.8) is 0 Å². The molecule has 1 rings (SSSR count). The first-order valence-electron chi connectivity index (χ1n) is 4.50. The van der Waals surface area contributed by atoms with Crippen molar-refractivity contribution in [1.29, 1.82) is 0 Å². The van der Waals surface area contributed by atoms with Gasteiger partial charge in [0.1, 0.15) is 0 Å². The molecule has 1 aromatic carbocycles. The minimum Gasteiger partial charge on any atom is -0.493 e. The summed E-state index contributed by atoms with van der Waals surface area (Å²) in [5.41, 5.74) is 2.56. The quantitative estimate of drug-likeness (QED) is 0.628. The first-order valence-corrected chi connectivity index (χ1v) is 4.50. The molecule has 0 fully saturated rings. The predicted octanol–water partition coefficient (Wildman–Crippen LogP) is 0.716. The SMILES string of the molecule is COc1ccc(C(O)CNO)cc1OC. The molecule has 1 aromatic rings. The number of ether oxygens (including phenoxy) is 2. The fourth-order valence-electron chi connectivity index (χ4n) is 1.26. The van der Waals surface area contributed by atoms with Crippen LogP contribution in [0.2, 0.25) is 0 Å². The third kappa shape index (κ3) is 2.82. The number of hydrogen-bond acceptors (Lipinski definition) is 5. The lowest BCUT2D eigenvalue weighted by atomic mass is 10.1. The number of methoxy groups -OCH3 is 2. The summed E-state index contributed by atoms with van der Waals surface area (Å²) in [6.45, 7) is 0.0650. The minimum absolute atomic E-state index is 0.0650. The van der Waals surface area contributed by atoms with Gasteiger partial charge in [-0.1, -0.05) is 6.07 Å². The van der Waals surface area contributed by atoms with Gasteiger partial charge in [-0.3, -0.25) is 0 Å². The fourth-order valence-corrected chi connectivity index (χ4v) is 1.26. The highest BCUT2D eigenvalue weighted by Gasteiger charge is 2.10. The number of hydroxylamine groups is 1. The van der Waals surface area contributed by atoms with E-state index in [9.17, 15) is 5.11 Å². The summed E-state index contributed by atoms with van der Waals surface area (Å²) >= 11 is 0. The van der Waals surface area contributed by atoms with Crippen molar-refractivity contribution >= 4 is 0 Å². The van der Waals surface area contributed by atoms with Crippen LogP contribution in [-0.2, 0) is 0 Å². The van der Waals surface area contributed by atoms with Crippen LogP contribution in [-0.4, -0.2) is 31.1 Å². The fraction of sp³-hybridized carbons (Fsp3) is 0.400. The van der Waals surface area contributed by atoms with Crippen LogP contribution in [0.25, 0.3) is 0 Å². The number of hydrogen-bond donors (Lipinski definition) is 3. The Balaban J connectivity index is 2.92. The van der Waals surface area contributed by atoms with E-state index >= 15 is 0 Å². The third-order valence-electron chi connectivity index (χ3n) is 2.08. The number of rotatable bonds is 5. The number of benzene rings is 1. The standard InChI is InChI=1S/C10H15NO4/c1-14-9-4-3-7(5-10(9)15-2)8(12)6-11-13/h3-5,8,11-13H,6H2,1-2H3. The van der Waals surface area contributed by atoms with Crippen LogP contribution < -0.4 is 15.0 Å². The van der Waals surface area contributed by atoms with E-state index in [-0.39, 0.29) is 6.54 Å². The molecule has 0 aliphatic carbocycles. The Labute approximate surface area is 88.2 Å². The molecule has 0 aromatic heterocycles. The Kier molecular flexibility index (Phi) is 4.36. The van der Waals surface area contributed by atoms with E-state index < -0.39 is 6.10 Å². The van der Waals surface area contributed by atoms with Crippen LogP contribution in [0.1, 0.15) is 11.7 Å². The van der Waals surface area contributed by atoms with E-state index in [0.717, 1.165) is 0 Å². The monoisotopic (exact) mass is 213 g/mol. The average Bonchev–Trinajstić information content (AvgIpc) is 2.28. The highest BCUT2D eigenvalue weighted by molar-refractivity contribution is 5.43. The van der Waals surface area contributed by atoms with Crippen LogP contribution in [0.15, 0.2) is 18.2 Å². The Hall–Kier alpha value is -1.30. The van der Waals surface area contributed by atoms with E-state index in [1.807, 2.05) is 5.48 Å². The van der Waals surface area contributed by atoms with Crippen molar-refractivity contribution < 1.29 is 19.8 Å². The van der Waals surface area contributed by atoms with Crippen molar-refractivity contribution in [2.45, 2.75) is 6.10 Å². The van der Waals surface area contributed by atoms with Gasteiger partial charge in [-0.15, -0.1) is 0 Å². The van der Waals surface area contributed by atoms with Gasteiger partial charge >= 0.3 is 0 Å². The lowest BCUT2D eigenvalue weighted by Gasteiger charge is -2.13. The molecule has 0 heterocycles. The number of aliphatic hydroxyl groups excluding tert-OH is 1. The van der Waals surface area contributed by atoms with Crippen molar-refractivity contribution in [1.82, 2.24) is 5.48 Å². The van der Waals surface area contributed by atoms with Crippen LogP contribution in [0, 0.1) is 0 Å². The second-order valence-electron chi connectivity index (χ2n) is 2.99. The number of nitrogens with one attached hydrogen (secondary N) is 1. The average molecular weight is 213 g/mol. The van der Waals surface area contributed by atoms with E-state index in [2.05, 4.69) is 0 Å².